The molecule has 0 saturated heterocycles. The molecule has 9 heteroatoms. The fraction of sp³-hybridized carbons (Fsp3) is 0.196. The summed E-state index contributed by atoms with van der Waals surface area (Å²) in [7, 11) is 0. The fourth-order valence-electron chi connectivity index (χ4n) is 10.1. The highest BCUT2D eigenvalue weighted by molar-refractivity contribution is 6.07. The summed E-state index contributed by atoms with van der Waals surface area (Å²) in [5.41, 5.74) is 8.98. The maximum atomic E-state index is 13.5. The number of hydrogen-bond donors (Lipinski definition) is 0. The quantitative estimate of drug-likeness (QED) is 0.111. The Bertz CT molecular complexity index is 3060. The highest BCUT2D eigenvalue weighted by Gasteiger charge is 2.64. The van der Waals surface area contributed by atoms with Gasteiger partial charge in [-0.1, -0.05) is 66.7 Å². The normalized spacial score (nSPS) is 21.2. The first-order chi connectivity index (χ1) is 26.6. The number of rotatable bonds is 4. The van der Waals surface area contributed by atoms with E-state index in [9.17, 15) is 14.4 Å². The first kappa shape index (κ1) is 30.8. The first-order valence-electron chi connectivity index (χ1n) is 18.7. The van der Waals surface area contributed by atoms with Crippen LogP contribution in [0.3, 0.4) is 0 Å². The lowest BCUT2D eigenvalue weighted by Crippen LogP contribution is -2.73. The van der Waals surface area contributed by atoms with Gasteiger partial charge in [0.05, 0.1) is 56.5 Å². The molecule has 3 atom stereocenters. The van der Waals surface area contributed by atoms with Gasteiger partial charge in [0.2, 0.25) is 6.79 Å². The summed E-state index contributed by atoms with van der Waals surface area (Å²) in [5.74, 6) is -1.87. The summed E-state index contributed by atoms with van der Waals surface area (Å²) in [6, 6.07) is 28.8. The number of aromatic nitrogens is 2. The highest BCUT2D eigenvalue weighted by atomic mass is 16.7. The lowest BCUT2D eigenvalue weighted by molar-refractivity contribution is -0.161. The monoisotopic (exact) mass is 722 g/mol. The molecule has 0 amide bonds. The van der Waals surface area contributed by atoms with E-state index in [0.29, 0.717) is 11.1 Å². The molecule has 6 aliphatic heterocycles. The number of ketones is 1. The second kappa shape index (κ2) is 9.92. The van der Waals surface area contributed by atoms with Crippen molar-refractivity contribution >= 4 is 75.0 Å². The Balaban J connectivity index is 1.15. The molecule has 0 bridgehead atoms. The zero-order valence-electron chi connectivity index (χ0n) is 30.6. The summed E-state index contributed by atoms with van der Waals surface area (Å²) in [4.78, 5) is 43.8. The van der Waals surface area contributed by atoms with Crippen LogP contribution in [0, 0.1) is 5.41 Å². The van der Waals surface area contributed by atoms with Gasteiger partial charge >= 0.3 is 11.9 Å². The van der Waals surface area contributed by atoms with Gasteiger partial charge in [-0.05, 0) is 81.3 Å². The first-order valence-corrected chi connectivity index (χ1v) is 18.7. The molecule has 12 rings (SSSR count). The second-order valence-corrected chi connectivity index (χ2v) is 16.3. The zero-order valence-corrected chi connectivity index (χ0v) is 30.6. The van der Waals surface area contributed by atoms with Gasteiger partial charge in [-0.25, -0.2) is 4.79 Å². The van der Waals surface area contributed by atoms with Crippen LogP contribution >= 0.6 is 0 Å². The standard InChI is InChI=1S/C46H34N4O5/c1-24(51)25-13-15-31-33(17-25)41-21-37-29-11-7-5-9-27(29)36-20-40-32-16-14-26(43(52)54-23-55-44(53)45(2,3)4)18-34(32)42-22-38-30-12-8-6-10-28(30)35-19-39(31)49(41)46(47(36)37,48(35)38)50(40)42/h5-22,39,42H,23H2,1-4H3. The van der Waals surface area contributed by atoms with E-state index in [2.05, 4.69) is 104 Å². The van der Waals surface area contributed by atoms with Crippen LogP contribution in [0.5, 0.6) is 0 Å². The minimum Gasteiger partial charge on any atom is -0.427 e. The molecule has 0 radical (unpaired) electrons. The molecule has 2 aromatic heterocycles. The van der Waals surface area contributed by atoms with E-state index in [1.807, 2.05) is 18.2 Å². The van der Waals surface area contributed by atoms with Crippen molar-refractivity contribution in [2.45, 2.75) is 45.7 Å². The van der Waals surface area contributed by atoms with Gasteiger partial charge in [-0.15, -0.1) is 0 Å². The van der Waals surface area contributed by atoms with Crippen molar-refractivity contribution in [3.8, 4) is 0 Å². The number of hydrogen-bond acceptors (Lipinski definition) is 7. The summed E-state index contributed by atoms with van der Waals surface area (Å²) in [6.45, 7) is 6.45. The SMILES string of the molecule is CC(=O)c1ccc2c(c1)C1=Cc3c4ccccc4c4n3C35N1C2C=c1c2ccccc2c(n13)=CC1c2cc(C(=O)OCOC(=O)C(C)(C)C)ccc2C(=C4)N15. The van der Waals surface area contributed by atoms with Gasteiger partial charge in [0.1, 0.15) is 0 Å². The molecule has 4 aromatic carbocycles. The Hall–Kier alpha value is -6.61. The molecule has 6 aliphatic rings. The van der Waals surface area contributed by atoms with Crippen molar-refractivity contribution < 1.29 is 23.9 Å². The number of benzene rings is 4. The average molecular weight is 723 g/mol. The summed E-state index contributed by atoms with van der Waals surface area (Å²) in [5, 5.41) is 6.90. The van der Waals surface area contributed by atoms with Crippen LogP contribution in [0.1, 0.15) is 94.1 Å². The van der Waals surface area contributed by atoms with Crippen molar-refractivity contribution in [1.29, 1.82) is 0 Å². The molecule has 8 heterocycles. The minimum absolute atomic E-state index is 0.0359. The maximum Gasteiger partial charge on any atom is 0.341 e. The number of carbonyl (C=O) groups is 3. The number of Topliss-reactive ketones (excluding diaryl/α,β-unsaturated/α-hetero) is 1. The third kappa shape index (κ3) is 3.57. The van der Waals surface area contributed by atoms with Crippen molar-refractivity contribution in [2.24, 2.45) is 5.41 Å². The molecule has 1 spiro atoms. The maximum absolute atomic E-state index is 13.5. The number of ether oxygens (including phenoxy) is 2. The van der Waals surface area contributed by atoms with Crippen LogP contribution in [0.15, 0.2) is 84.9 Å². The van der Waals surface area contributed by atoms with Gasteiger partial charge in [0, 0.05) is 38.2 Å². The Kier molecular flexibility index (Phi) is 5.56. The van der Waals surface area contributed by atoms with E-state index in [1.165, 1.54) is 5.39 Å². The molecule has 0 fully saturated rings. The summed E-state index contributed by atoms with van der Waals surface area (Å²) in [6.07, 6.45) is 9.37. The molecule has 0 aliphatic carbocycles. The third-order valence-corrected chi connectivity index (χ3v) is 12.4. The Labute approximate surface area is 315 Å². The van der Waals surface area contributed by atoms with Crippen LogP contribution in [-0.2, 0) is 20.2 Å². The van der Waals surface area contributed by atoms with Crippen LogP contribution in [0.2, 0.25) is 0 Å². The van der Waals surface area contributed by atoms with Gasteiger partial charge in [-0.3, -0.25) is 18.7 Å². The average Bonchev–Trinajstić information content (AvgIpc) is 3.89. The third-order valence-electron chi connectivity index (χ3n) is 12.4. The lowest BCUT2D eigenvalue weighted by atomic mass is 9.98. The van der Waals surface area contributed by atoms with Crippen LogP contribution in [-0.4, -0.2) is 43.4 Å². The van der Waals surface area contributed by atoms with Crippen molar-refractivity contribution in [2.75, 3.05) is 6.79 Å². The molecule has 0 saturated carbocycles. The van der Waals surface area contributed by atoms with Crippen molar-refractivity contribution in [1.82, 2.24) is 18.9 Å². The van der Waals surface area contributed by atoms with Crippen molar-refractivity contribution in [3.63, 3.8) is 0 Å². The van der Waals surface area contributed by atoms with E-state index >= 15 is 0 Å². The van der Waals surface area contributed by atoms with Gasteiger partial charge in [0.25, 0.3) is 5.91 Å². The highest BCUT2D eigenvalue weighted by Crippen LogP contribution is 2.63. The largest absolute Gasteiger partial charge is 0.427 e. The Morgan fingerprint density at radius 3 is 1.85 bits per heavy atom. The Morgan fingerprint density at radius 2 is 1.24 bits per heavy atom. The second-order valence-electron chi connectivity index (χ2n) is 16.3. The van der Waals surface area contributed by atoms with E-state index in [0.717, 1.165) is 71.9 Å². The minimum atomic E-state index is -0.906. The summed E-state index contributed by atoms with van der Waals surface area (Å²) < 4.78 is 15.8. The molecule has 55 heavy (non-hydrogen) atoms. The topological polar surface area (TPSA) is 86.0 Å². The fourth-order valence-corrected chi connectivity index (χ4v) is 10.1. The number of carbonyl (C=O) groups excluding carboxylic acids is 3. The molecular weight excluding hydrogens is 689 g/mol. The predicted octanol–water partition coefficient (Wildman–Crippen LogP) is 6.94. The molecule has 6 aromatic rings. The number of esters is 2. The van der Waals surface area contributed by atoms with E-state index in [1.54, 1.807) is 33.8 Å². The predicted molar refractivity (Wildman–Crippen MR) is 209 cm³/mol. The van der Waals surface area contributed by atoms with E-state index < -0.39 is 30.1 Å². The van der Waals surface area contributed by atoms with Gasteiger partial charge < -0.3 is 19.3 Å². The molecule has 3 unspecified atom stereocenters. The Morgan fingerprint density at radius 1 is 0.655 bits per heavy atom. The van der Waals surface area contributed by atoms with E-state index in [-0.39, 0.29) is 17.9 Å². The lowest BCUT2D eigenvalue weighted by Gasteiger charge is -2.60. The summed E-state index contributed by atoms with van der Waals surface area (Å²) >= 11 is 0. The number of nitrogens with zero attached hydrogens (tertiary/aromatic N) is 4. The molecular formula is C46H34N4O5. The van der Waals surface area contributed by atoms with Crippen LogP contribution in [0.25, 0.3) is 57.2 Å². The molecule has 0 N–H and O–H groups in total. The van der Waals surface area contributed by atoms with Crippen LogP contribution in [0.4, 0.5) is 0 Å². The van der Waals surface area contributed by atoms with Crippen LogP contribution < -0.4 is 10.7 Å². The number of fused-ring (bicyclic) bond motifs is 12. The zero-order chi connectivity index (χ0) is 37.3. The van der Waals surface area contributed by atoms with Gasteiger partial charge in [-0.2, -0.15) is 0 Å². The van der Waals surface area contributed by atoms with E-state index in [4.69, 9.17) is 9.47 Å². The molecule has 268 valence electrons. The smallest absolute Gasteiger partial charge is 0.341 e. The van der Waals surface area contributed by atoms with Crippen molar-refractivity contribution in [3.05, 3.63) is 140 Å². The van der Waals surface area contributed by atoms with Gasteiger partial charge in [0.15, 0.2) is 5.78 Å². The molecule has 9 nitrogen and oxygen atoms in total.